The molecule has 112 valence electrons. The fourth-order valence-corrected chi connectivity index (χ4v) is 2.94. The molecule has 2 N–H and O–H groups in total. The molecule has 1 heterocycles. The standard InChI is InChI=1S/C15H30N2O2/c1-3-6-13(7-4-2)15(19)17(10-11-18)12-14-8-5-9-16-14/h13-14,16,18H,3-12H2,1-2H3. The van der Waals surface area contributed by atoms with Crippen LogP contribution in [0, 0.1) is 5.92 Å². The predicted octanol–water partition coefficient (Wildman–Crippen LogP) is 1.78. The molecular formula is C15H30N2O2. The van der Waals surface area contributed by atoms with Crippen LogP contribution in [0.3, 0.4) is 0 Å². The van der Waals surface area contributed by atoms with E-state index in [1.54, 1.807) is 0 Å². The lowest BCUT2D eigenvalue weighted by Crippen LogP contribution is -2.45. The maximum absolute atomic E-state index is 12.6. The summed E-state index contributed by atoms with van der Waals surface area (Å²) in [5.41, 5.74) is 0. The summed E-state index contributed by atoms with van der Waals surface area (Å²) in [6.07, 6.45) is 6.36. The molecule has 1 atom stereocenters. The molecule has 1 unspecified atom stereocenters. The SMILES string of the molecule is CCCC(CCC)C(=O)N(CCO)CC1CCCN1. The highest BCUT2D eigenvalue weighted by Crippen LogP contribution is 2.18. The number of hydrogen-bond acceptors (Lipinski definition) is 3. The molecule has 0 spiro atoms. The van der Waals surface area contributed by atoms with Gasteiger partial charge in [-0.2, -0.15) is 0 Å². The van der Waals surface area contributed by atoms with Crippen LogP contribution in [-0.2, 0) is 4.79 Å². The number of carbonyl (C=O) groups excluding carboxylic acids is 1. The molecule has 1 aliphatic heterocycles. The van der Waals surface area contributed by atoms with Crippen molar-refractivity contribution in [2.75, 3.05) is 26.2 Å². The topological polar surface area (TPSA) is 52.6 Å². The highest BCUT2D eigenvalue weighted by molar-refractivity contribution is 5.78. The maximum Gasteiger partial charge on any atom is 0.225 e. The van der Waals surface area contributed by atoms with E-state index in [-0.39, 0.29) is 18.4 Å². The zero-order valence-corrected chi connectivity index (χ0v) is 12.5. The van der Waals surface area contributed by atoms with Crippen LogP contribution in [0.15, 0.2) is 0 Å². The van der Waals surface area contributed by atoms with Crippen LogP contribution in [0.1, 0.15) is 52.4 Å². The van der Waals surface area contributed by atoms with Gasteiger partial charge in [-0.25, -0.2) is 0 Å². The largest absolute Gasteiger partial charge is 0.395 e. The average Bonchev–Trinajstić information content (AvgIpc) is 2.90. The van der Waals surface area contributed by atoms with E-state index in [2.05, 4.69) is 19.2 Å². The number of amides is 1. The fraction of sp³-hybridized carbons (Fsp3) is 0.933. The predicted molar refractivity (Wildman–Crippen MR) is 78.0 cm³/mol. The summed E-state index contributed by atoms with van der Waals surface area (Å²) in [5.74, 6) is 0.384. The molecule has 0 radical (unpaired) electrons. The first-order chi connectivity index (χ1) is 9.22. The van der Waals surface area contributed by atoms with Gasteiger partial charge in [0.1, 0.15) is 0 Å². The Morgan fingerprint density at radius 2 is 2.05 bits per heavy atom. The first kappa shape index (κ1) is 16.4. The summed E-state index contributed by atoms with van der Waals surface area (Å²) in [5, 5.41) is 12.6. The summed E-state index contributed by atoms with van der Waals surface area (Å²) in [6, 6.07) is 0.416. The fourth-order valence-electron chi connectivity index (χ4n) is 2.94. The van der Waals surface area contributed by atoms with E-state index in [1.165, 1.54) is 6.42 Å². The van der Waals surface area contributed by atoms with Crippen molar-refractivity contribution >= 4 is 5.91 Å². The van der Waals surface area contributed by atoms with Gasteiger partial charge >= 0.3 is 0 Å². The van der Waals surface area contributed by atoms with Crippen LogP contribution in [0.5, 0.6) is 0 Å². The van der Waals surface area contributed by atoms with E-state index in [0.717, 1.165) is 45.2 Å². The smallest absolute Gasteiger partial charge is 0.225 e. The number of hydrogen-bond donors (Lipinski definition) is 2. The van der Waals surface area contributed by atoms with Gasteiger partial charge in [-0.05, 0) is 32.2 Å². The zero-order valence-electron chi connectivity index (χ0n) is 12.5. The van der Waals surface area contributed by atoms with Crippen LogP contribution in [0.2, 0.25) is 0 Å². The molecule has 1 fully saturated rings. The third-order valence-corrected chi connectivity index (χ3v) is 3.91. The van der Waals surface area contributed by atoms with Gasteiger partial charge in [0.2, 0.25) is 5.91 Å². The average molecular weight is 270 g/mol. The lowest BCUT2D eigenvalue weighted by Gasteiger charge is -2.29. The second-order valence-electron chi connectivity index (χ2n) is 5.58. The van der Waals surface area contributed by atoms with Crippen LogP contribution >= 0.6 is 0 Å². The maximum atomic E-state index is 12.6. The third kappa shape index (κ3) is 5.49. The van der Waals surface area contributed by atoms with Crippen molar-refractivity contribution in [3.05, 3.63) is 0 Å². The summed E-state index contributed by atoms with van der Waals surface area (Å²) in [7, 11) is 0. The Labute approximate surface area is 117 Å². The first-order valence-electron chi connectivity index (χ1n) is 7.85. The van der Waals surface area contributed by atoms with E-state index >= 15 is 0 Å². The molecule has 1 saturated heterocycles. The van der Waals surface area contributed by atoms with Crippen LogP contribution in [0.4, 0.5) is 0 Å². The van der Waals surface area contributed by atoms with E-state index in [4.69, 9.17) is 0 Å². The number of carbonyl (C=O) groups is 1. The minimum absolute atomic E-state index is 0.0590. The minimum Gasteiger partial charge on any atom is -0.395 e. The molecule has 1 amide bonds. The van der Waals surface area contributed by atoms with Gasteiger partial charge in [0.15, 0.2) is 0 Å². The van der Waals surface area contributed by atoms with Crippen molar-refractivity contribution in [2.45, 2.75) is 58.4 Å². The summed E-state index contributed by atoms with van der Waals surface area (Å²) in [4.78, 5) is 14.5. The summed E-state index contributed by atoms with van der Waals surface area (Å²) >= 11 is 0. The summed E-state index contributed by atoms with van der Waals surface area (Å²) in [6.45, 7) is 6.60. The second-order valence-corrected chi connectivity index (χ2v) is 5.58. The van der Waals surface area contributed by atoms with Crippen molar-refractivity contribution in [2.24, 2.45) is 5.92 Å². The van der Waals surface area contributed by atoms with Crippen LogP contribution in [-0.4, -0.2) is 48.2 Å². The van der Waals surface area contributed by atoms with Gasteiger partial charge < -0.3 is 15.3 Å². The van der Waals surface area contributed by atoms with E-state index in [0.29, 0.717) is 12.6 Å². The summed E-state index contributed by atoms with van der Waals surface area (Å²) < 4.78 is 0. The van der Waals surface area contributed by atoms with Crippen molar-refractivity contribution in [3.63, 3.8) is 0 Å². The Bertz CT molecular complexity index is 247. The first-order valence-corrected chi connectivity index (χ1v) is 7.85. The van der Waals surface area contributed by atoms with E-state index < -0.39 is 0 Å². The molecule has 0 saturated carbocycles. The molecule has 0 bridgehead atoms. The zero-order chi connectivity index (χ0) is 14.1. The molecule has 0 aromatic heterocycles. The Balaban J connectivity index is 2.57. The number of nitrogens with zero attached hydrogens (tertiary/aromatic N) is 1. The van der Waals surface area contributed by atoms with Crippen molar-refractivity contribution in [3.8, 4) is 0 Å². The van der Waals surface area contributed by atoms with Gasteiger partial charge in [-0.1, -0.05) is 26.7 Å². The third-order valence-electron chi connectivity index (χ3n) is 3.91. The molecule has 0 aliphatic carbocycles. The van der Waals surface area contributed by atoms with Crippen molar-refractivity contribution < 1.29 is 9.90 Å². The van der Waals surface area contributed by atoms with Gasteiger partial charge in [0, 0.05) is 25.0 Å². The van der Waals surface area contributed by atoms with Gasteiger partial charge in [-0.3, -0.25) is 4.79 Å². The molecule has 1 aliphatic rings. The Morgan fingerprint density at radius 1 is 1.37 bits per heavy atom. The Kier molecular flexibility index (Phi) is 8.07. The number of aliphatic hydroxyl groups excluding tert-OH is 1. The molecule has 0 aromatic carbocycles. The van der Waals surface area contributed by atoms with Gasteiger partial charge in [-0.15, -0.1) is 0 Å². The molecule has 1 rings (SSSR count). The second kappa shape index (κ2) is 9.32. The monoisotopic (exact) mass is 270 g/mol. The highest BCUT2D eigenvalue weighted by atomic mass is 16.3. The van der Waals surface area contributed by atoms with E-state index in [9.17, 15) is 9.90 Å². The highest BCUT2D eigenvalue weighted by Gasteiger charge is 2.26. The number of aliphatic hydroxyl groups is 1. The van der Waals surface area contributed by atoms with Crippen LogP contribution < -0.4 is 5.32 Å². The Hall–Kier alpha value is -0.610. The van der Waals surface area contributed by atoms with Crippen LogP contribution in [0.25, 0.3) is 0 Å². The molecule has 19 heavy (non-hydrogen) atoms. The van der Waals surface area contributed by atoms with Gasteiger partial charge in [0.05, 0.1) is 6.61 Å². The lowest BCUT2D eigenvalue weighted by molar-refractivity contribution is -0.137. The van der Waals surface area contributed by atoms with E-state index in [1.807, 2.05) is 4.90 Å². The molecular weight excluding hydrogens is 240 g/mol. The molecule has 4 nitrogen and oxygen atoms in total. The number of nitrogens with one attached hydrogen (secondary N) is 1. The minimum atomic E-state index is 0.0590. The Morgan fingerprint density at radius 3 is 2.53 bits per heavy atom. The molecule has 4 heteroatoms. The molecule has 0 aromatic rings. The number of rotatable bonds is 9. The van der Waals surface area contributed by atoms with Crippen molar-refractivity contribution in [1.82, 2.24) is 10.2 Å². The quantitative estimate of drug-likeness (QED) is 0.671. The lowest BCUT2D eigenvalue weighted by atomic mass is 9.96. The van der Waals surface area contributed by atoms with Crippen molar-refractivity contribution in [1.29, 1.82) is 0 Å². The van der Waals surface area contributed by atoms with Gasteiger partial charge in [0.25, 0.3) is 0 Å². The normalized spacial score (nSPS) is 19.1.